The molecular weight excluding hydrogens is 325 g/mol. The van der Waals surface area contributed by atoms with E-state index in [2.05, 4.69) is 6.92 Å². The van der Waals surface area contributed by atoms with E-state index in [9.17, 15) is 19.5 Å². The lowest BCUT2D eigenvalue weighted by Crippen LogP contribution is -2.49. The molecule has 24 heavy (non-hydrogen) atoms. The van der Waals surface area contributed by atoms with E-state index >= 15 is 0 Å². The zero-order chi connectivity index (χ0) is 18.7. The van der Waals surface area contributed by atoms with Gasteiger partial charge in [0.2, 0.25) is 5.34 Å². The maximum Gasteiger partial charge on any atom is 0.362 e. The molecule has 0 aliphatic carbocycles. The summed E-state index contributed by atoms with van der Waals surface area (Å²) in [6, 6.07) is 0. The van der Waals surface area contributed by atoms with Crippen LogP contribution >= 0.6 is 7.60 Å². The third-order valence-corrected chi connectivity index (χ3v) is 5.90. The van der Waals surface area contributed by atoms with Crippen molar-refractivity contribution in [2.75, 3.05) is 27.7 Å². The van der Waals surface area contributed by atoms with E-state index in [0.717, 1.165) is 12.8 Å². The number of quaternary nitrogens is 1. The number of nitrogens with zero attached hydrogens (tertiary/aromatic N) is 1. The third-order valence-electron chi connectivity index (χ3n) is 4.45. The van der Waals surface area contributed by atoms with Gasteiger partial charge in [0.15, 0.2) is 0 Å². The number of hydrogen-bond acceptors (Lipinski definition) is 2. The molecule has 146 valence electrons. The lowest BCUT2D eigenvalue weighted by Gasteiger charge is -2.35. The van der Waals surface area contributed by atoms with Crippen molar-refractivity contribution in [3.05, 3.63) is 0 Å². The maximum atomic E-state index is 11.7. The minimum Gasteiger partial charge on any atom is -0.373 e. The van der Waals surface area contributed by atoms with Crippen molar-refractivity contribution in [3.8, 4) is 0 Å². The first-order chi connectivity index (χ1) is 11.0. The maximum absolute atomic E-state index is 11.7. The van der Waals surface area contributed by atoms with Gasteiger partial charge in [0.05, 0.1) is 21.1 Å². The molecule has 5 nitrogen and oxygen atoms in total. The second-order valence-corrected chi connectivity index (χ2v) is 10.2. The zero-order valence-electron chi connectivity index (χ0n) is 16.3. The fraction of sp³-hybridized carbons (Fsp3) is 1.00. The van der Waals surface area contributed by atoms with Gasteiger partial charge in [-0.15, -0.1) is 0 Å². The average molecular weight is 367 g/mol. The van der Waals surface area contributed by atoms with Gasteiger partial charge in [-0.25, -0.2) is 0 Å². The molecule has 0 aliphatic heterocycles. The Morgan fingerprint density at radius 1 is 0.792 bits per heavy atom. The van der Waals surface area contributed by atoms with Crippen LogP contribution in [0, 0.1) is 0 Å². The highest BCUT2D eigenvalue weighted by atomic mass is 31.2. The summed E-state index contributed by atoms with van der Waals surface area (Å²) in [5.74, 6) is 0. The fourth-order valence-electron chi connectivity index (χ4n) is 3.15. The van der Waals surface area contributed by atoms with E-state index in [0.29, 0.717) is 10.9 Å². The minimum atomic E-state index is -4.52. The lowest BCUT2D eigenvalue weighted by molar-refractivity contribution is -0.875. The highest BCUT2D eigenvalue weighted by Gasteiger charge is 2.48. The molecule has 0 spiro atoms. The Morgan fingerprint density at radius 2 is 1.17 bits per heavy atom. The van der Waals surface area contributed by atoms with Crippen molar-refractivity contribution >= 4 is 7.60 Å². The molecule has 3 N–H and O–H groups in total. The van der Waals surface area contributed by atoms with Gasteiger partial charge < -0.3 is 19.4 Å². The summed E-state index contributed by atoms with van der Waals surface area (Å²) in [5.41, 5.74) is 0. The van der Waals surface area contributed by atoms with Crippen molar-refractivity contribution < 1.29 is 23.9 Å². The molecule has 1 unspecified atom stereocenters. The van der Waals surface area contributed by atoms with Crippen molar-refractivity contribution in [1.29, 1.82) is 0 Å². The average Bonchev–Trinajstić information content (AvgIpc) is 2.41. The second kappa shape index (κ2) is 11.6. The van der Waals surface area contributed by atoms with Crippen LogP contribution in [0.25, 0.3) is 0 Å². The summed E-state index contributed by atoms with van der Waals surface area (Å²) >= 11 is 0. The standard InChI is InChI=1S/C18H40NO4P/c1-5-6-7-8-9-10-11-12-13-14-15-16-18(20,24(21,22)23)17-19(2,3)4/h20H,5-17H2,1-4H3,(H-,21,22,23)/p+1. The number of hydrogen-bond donors (Lipinski definition) is 3. The quantitative estimate of drug-likeness (QED) is 0.230. The molecule has 0 radical (unpaired) electrons. The normalized spacial score (nSPS) is 15.5. The predicted octanol–water partition coefficient (Wildman–Crippen LogP) is 4.26. The first kappa shape index (κ1) is 24.1. The highest BCUT2D eigenvalue weighted by Crippen LogP contribution is 2.52. The van der Waals surface area contributed by atoms with Crippen molar-refractivity contribution in [1.82, 2.24) is 0 Å². The van der Waals surface area contributed by atoms with Crippen LogP contribution in [-0.2, 0) is 4.57 Å². The molecular formula is C18H41NO4P+. The van der Waals surface area contributed by atoms with Crippen LogP contribution in [0.5, 0.6) is 0 Å². The van der Waals surface area contributed by atoms with Gasteiger partial charge >= 0.3 is 7.60 Å². The van der Waals surface area contributed by atoms with Crippen molar-refractivity contribution in [2.24, 2.45) is 0 Å². The molecule has 1 atom stereocenters. The van der Waals surface area contributed by atoms with E-state index in [4.69, 9.17) is 0 Å². The Balaban J connectivity index is 3.88. The Hall–Kier alpha value is 0.0700. The Labute approximate surface area is 149 Å². The van der Waals surface area contributed by atoms with Gasteiger partial charge in [-0.05, 0) is 12.8 Å². The summed E-state index contributed by atoms with van der Waals surface area (Å²) in [5, 5.41) is 8.55. The molecule has 0 aromatic heterocycles. The molecule has 0 bridgehead atoms. The molecule has 0 amide bonds. The van der Waals surface area contributed by atoms with Gasteiger partial charge in [0.25, 0.3) is 0 Å². The molecule has 0 saturated carbocycles. The van der Waals surface area contributed by atoms with Crippen molar-refractivity contribution in [3.63, 3.8) is 0 Å². The number of aliphatic hydroxyl groups is 1. The van der Waals surface area contributed by atoms with Crippen LogP contribution in [0.3, 0.4) is 0 Å². The lowest BCUT2D eigenvalue weighted by atomic mass is 10.0. The van der Waals surface area contributed by atoms with E-state index < -0.39 is 12.9 Å². The first-order valence-electron chi connectivity index (χ1n) is 9.60. The third kappa shape index (κ3) is 11.6. The Bertz CT molecular complexity index is 365. The molecule has 0 fully saturated rings. The topological polar surface area (TPSA) is 77.8 Å². The van der Waals surface area contributed by atoms with E-state index in [-0.39, 0.29) is 13.0 Å². The summed E-state index contributed by atoms with van der Waals surface area (Å²) in [4.78, 5) is 19.0. The smallest absolute Gasteiger partial charge is 0.362 e. The van der Waals surface area contributed by atoms with Crippen LogP contribution in [-0.4, -0.2) is 52.4 Å². The molecule has 0 saturated heterocycles. The second-order valence-electron chi connectivity index (χ2n) is 8.26. The SMILES string of the molecule is CCCCCCCCCCCCCC(O)(C[N+](C)(C)C)P(=O)(O)O. The molecule has 6 heteroatoms. The summed E-state index contributed by atoms with van der Waals surface area (Å²) in [7, 11) is 0.979. The minimum absolute atomic E-state index is 0.0645. The highest BCUT2D eigenvalue weighted by molar-refractivity contribution is 7.53. The van der Waals surface area contributed by atoms with Gasteiger partial charge in [0, 0.05) is 0 Å². The summed E-state index contributed by atoms with van der Waals surface area (Å²) in [6.45, 7) is 2.29. The number of likely N-dealkylation sites (N-methyl/N-ethyl adjacent to an activating group) is 1. The Morgan fingerprint density at radius 3 is 1.50 bits per heavy atom. The van der Waals surface area contributed by atoms with Gasteiger partial charge in [0.1, 0.15) is 6.54 Å². The fourth-order valence-corrected chi connectivity index (χ4v) is 4.21. The van der Waals surface area contributed by atoms with Crippen LogP contribution in [0.15, 0.2) is 0 Å². The van der Waals surface area contributed by atoms with E-state index in [1.54, 1.807) is 0 Å². The molecule has 0 aliphatic rings. The molecule has 0 rings (SSSR count). The van der Waals surface area contributed by atoms with Crippen LogP contribution in [0.4, 0.5) is 0 Å². The predicted molar refractivity (Wildman–Crippen MR) is 101 cm³/mol. The van der Waals surface area contributed by atoms with Crippen LogP contribution in [0.2, 0.25) is 0 Å². The van der Waals surface area contributed by atoms with E-state index in [1.165, 1.54) is 51.4 Å². The molecule has 0 aromatic carbocycles. The largest absolute Gasteiger partial charge is 0.373 e. The van der Waals surface area contributed by atoms with E-state index in [1.807, 2.05) is 21.1 Å². The van der Waals surface area contributed by atoms with Gasteiger partial charge in [-0.2, -0.15) is 0 Å². The molecule has 0 heterocycles. The van der Waals surface area contributed by atoms with Crippen LogP contribution < -0.4 is 0 Å². The Kier molecular flexibility index (Phi) is 11.7. The van der Waals surface area contributed by atoms with Crippen molar-refractivity contribution in [2.45, 2.75) is 89.3 Å². The first-order valence-corrected chi connectivity index (χ1v) is 11.2. The monoisotopic (exact) mass is 366 g/mol. The zero-order valence-corrected chi connectivity index (χ0v) is 17.2. The van der Waals surface area contributed by atoms with Gasteiger partial charge in [-0.1, -0.05) is 71.1 Å². The summed E-state index contributed by atoms with van der Waals surface area (Å²) < 4.78 is 12.0. The number of rotatable bonds is 15. The van der Waals surface area contributed by atoms with Gasteiger partial charge in [-0.3, -0.25) is 4.57 Å². The number of unbranched alkanes of at least 4 members (excludes halogenated alkanes) is 10. The molecule has 0 aromatic rings. The summed E-state index contributed by atoms with van der Waals surface area (Å²) in [6.07, 6.45) is 13.2. The van der Waals surface area contributed by atoms with Crippen LogP contribution in [0.1, 0.15) is 84.0 Å².